The molecule has 0 aliphatic carbocycles. The summed E-state index contributed by atoms with van der Waals surface area (Å²) in [6.07, 6.45) is 3.04. The monoisotopic (exact) mass is 344 g/mol. The fourth-order valence-electron chi connectivity index (χ4n) is 1.48. The van der Waals surface area contributed by atoms with E-state index in [1.165, 1.54) is 13.4 Å². The summed E-state index contributed by atoms with van der Waals surface area (Å²) in [5, 5.41) is 3.44. The van der Waals surface area contributed by atoms with Crippen LogP contribution < -0.4 is 5.32 Å². The number of nitrogens with zero attached hydrogens (tertiary/aromatic N) is 1. The first-order valence-electron chi connectivity index (χ1n) is 5.31. The Kier molecular flexibility index (Phi) is 4.44. The summed E-state index contributed by atoms with van der Waals surface area (Å²) in [5.74, 6) is -0.339. The van der Waals surface area contributed by atoms with Gasteiger partial charge < -0.3 is 14.5 Å². The van der Waals surface area contributed by atoms with E-state index in [2.05, 4.69) is 31.0 Å². The molecule has 5 nitrogen and oxygen atoms in total. The summed E-state index contributed by atoms with van der Waals surface area (Å²) in [7, 11) is 1.30. The fourth-order valence-corrected chi connectivity index (χ4v) is 1.99. The quantitative estimate of drug-likeness (QED) is 0.679. The predicted octanol–water partition coefficient (Wildman–Crippen LogP) is 3.49. The Labute approximate surface area is 123 Å². The molecule has 0 spiro atoms. The van der Waals surface area contributed by atoms with Crippen molar-refractivity contribution < 1.29 is 13.9 Å². The van der Waals surface area contributed by atoms with Crippen molar-refractivity contribution in [3.63, 3.8) is 0 Å². The van der Waals surface area contributed by atoms with Crippen molar-refractivity contribution in [2.75, 3.05) is 12.4 Å². The van der Waals surface area contributed by atoms with Crippen LogP contribution in [0.3, 0.4) is 0 Å². The average Bonchev–Trinajstić information content (AvgIpc) is 2.87. The molecule has 2 aromatic heterocycles. The van der Waals surface area contributed by atoms with Gasteiger partial charge in [0.25, 0.3) is 0 Å². The van der Waals surface area contributed by atoms with Crippen LogP contribution in [0.15, 0.2) is 33.5 Å². The highest BCUT2D eigenvalue weighted by atomic mass is 79.9. The second-order valence-corrected chi connectivity index (χ2v) is 4.89. The summed E-state index contributed by atoms with van der Waals surface area (Å²) in [6, 6.07) is 3.49. The summed E-state index contributed by atoms with van der Waals surface area (Å²) < 4.78 is 10.5. The maximum Gasteiger partial charge on any atom is 0.374 e. The minimum Gasteiger partial charge on any atom is -0.463 e. The number of hydrogen-bond acceptors (Lipinski definition) is 5. The standard InChI is InChI=1S/C12H10BrClN2O3/c1-18-12(17)10-7(2-3-19-10)5-15-9-4-8(13)6-16-11(9)14/h2-4,6,15H,5H2,1H3. The van der Waals surface area contributed by atoms with Crippen LogP contribution in [-0.4, -0.2) is 18.1 Å². The number of hydrogen-bond donors (Lipinski definition) is 1. The summed E-state index contributed by atoms with van der Waals surface area (Å²) in [4.78, 5) is 15.4. The third-order valence-electron chi connectivity index (χ3n) is 2.39. The van der Waals surface area contributed by atoms with E-state index in [9.17, 15) is 4.79 Å². The zero-order valence-electron chi connectivity index (χ0n) is 9.94. The number of rotatable bonds is 4. The number of methoxy groups -OCH3 is 1. The molecule has 0 aliphatic heterocycles. The highest BCUT2D eigenvalue weighted by Gasteiger charge is 2.15. The third kappa shape index (κ3) is 3.27. The molecule has 0 aromatic carbocycles. The summed E-state index contributed by atoms with van der Waals surface area (Å²) in [6.45, 7) is 0.374. The molecular formula is C12H10BrClN2O3. The minimum absolute atomic E-state index is 0.175. The lowest BCUT2D eigenvalue weighted by Gasteiger charge is -2.07. The van der Waals surface area contributed by atoms with Crippen molar-refractivity contribution in [1.29, 1.82) is 0 Å². The fraction of sp³-hybridized carbons (Fsp3) is 0.167. The smallest absolute Gasteiger partial charge is 0.374 e. The molecule has 1 N–H and O–H groups in total. The molecule has 0 unspecified atom stereocenters. The van der Waals surface area contributed by atoms with Crippen LogP contribution in [-0.2, 0) is 11.3 Å². The lowest BCUT2D eigenvalue weighted by atomic mass is 10.2. The topological polar surface area (TPSA) is 64.4 Å². The van der Waals surface area contributed by atoms with E-state index >= 15 is 0 Å². The molecule has 19 heavy (non-hydrogen) atoms. The number of pyridine rings is 1. The Morgan fingerprint density at radius 2 is 2.42 bits per heavy atom. The van der Waals surface area contributed by atoms with Crippen LogP contribution in [0.5, 0.6) is 0 Å². The highest BCUT2D eigenvalue weighted by molar-refractivity contribution is 9.10. The Balaban J connectivity index is 2.13. The molecule has 0 amide bonds. The molecule has 0 bridgehead atoms. The molecule has 0 radical (unpaired) electrons. The Bertz CT molecular complexity index is 600. The van der Waals surface area contributed by atoms with E-state index in [0.717, 1.165) is 4.47 Å². The van der Waals surface area contributed by atoms with Crippen LogP contribution in [0.25, 0.3) is 0 Å². The number of carbonyl (C=O) groups excluding carboxylic acids is 1. The van der Waals surface area contributed by atoms with E-state index in [0.29, 0.717) is 22.9 Å². The second-order valence-electron chi connectivity index (χ2n) is 3.61. The molecule has 0 aliphatic rings. The highest BCUT2D eigenvalue weighted by Crippen LogP contribution is 2.24. The Hall–Kier alpha value is -1.53. The first-order valence-corrected chi connectivity index (χ1v) is 6.48. The van der Waals surface area contributed by atoms with E-state index < -0.39 is 5.97 Å². The molecule has 2 rings (SSSR count). The van der Waals surface area contributed by atoms with Gasteiger partial charge in [0, 0.05) is 22.8 Å². The lowest BCUT2D eigenvalue weighted by Crippen LogP contribution is -2.07. The molecular weight excluding hydrogens is 336 g/mol. The number of halogens is 2. The lowest BCUT2D eigenvalue weighted by molar-refractivity contribution is 0.0563. The molecule has 2 aromatic rings. The van der Waals surface area contributed by atoms with Gasteiger partial charge in [0.2, 0.25) is 5.76 Å². The van der Waals surface area contributed by atoms with Crippen molar-refractivity contribution in [3.8, 4) is 0 Å². The number of furan rings is 1. The maximum atomic E-state index is 11.4. The van der Waals surface area contributed by atoms with Crippen molar-refractivity contribution in [1.82, 2.24) is 4.98 Å². The zero-order chi connectivity index (χ0) is 13.8. The molecule has 0 fully saturated rings. The number of aromatic nitrogens is 1. The molecule has 0 saturated carbocycles. The summed E-state index contributed by atoms with van der Waals surface area (Å²) >= 11 is 9.27. The predicted molar refractivity (Wildman–Crippen MR) is 74.3 cm³/mol. The molecule has 0 atom stereocenters. The van der Waals surface area contributed by atoms with Crippen molar-refractivity contribution >= 4 is 39.2 Å². The first-order chi connectivity index (χ1) is 9.11. The van der Waals surface area contributed by atoms with Crippen LogP contribution in [0, 0.1) is 0 Å². The van der Waals surface area contributed by atoms with Gasteiger partial charge in [-0.05, 0) is 28.1 Å². The SMILES string of the molecule is COC(=O)c1occc1CNc1cc(Br)cnc1Cl. The molecule has 100 valence electrons. The number of ether oxygens (including phenoxy) is 1. The van der Waals surface area contributed by atoms with Crippen LogP contribution in [0.1, 0.15) is 16.1 Å². The Morgan fingerprint density at radius 3 is 3.16 bits per heavy atom. The van der Waals surface area contributed by atoms with E-state index in [1.807, 2.05) is 0 Å². The third-order valence-corrected chi connectivity index (χ3v) is 3.13. The van der Waals surface area contributed by atoms with Crippen molar-refractivity contribution in [3.05, 3.63) is 45.5 Å². The molecule has 2 heterocycles. The van der Waals surface area contributed by atoms with Gasteiger partial charge in [-0.3, -0.25) is 0 Å². The normalized spacial score (nSPS) is 10.3. The minimum atomic E-state index is -0.514. The summed E-state index contributed by atoms with van der Waals surface area (Å²) in [5.41, 5.74) is 1.34. The van der Waals surface area contributed by atoms with E-state index in [4.69, 9.17) is 16.0 Å². The van der Waals surface area contributed by atoms with Gasteiger partial charge in [0.05, 0.1) is 19.1 Å². The van der Waals surface area contributed by atoms with Gasteiger partial charge in [0.1, 0.15) is 0 Å². The van der Waals surface area contributed by atoms with Crippen LogP contribution in [0.2, 0.25) is 5.15 Å². The van der Waals surface area contributed by atoms with E-state index in [1.54, 1.807) is 18.3 Å². The van der Waals surface area contributed by atoms with Crippen molar-refractivity contribution in [2.45, 2.75) is 6.54 Å². The van der Waals surface area contributed by atoms with Gasteiger partial charge in [-0.1, -0.05) is 11.6 Å². The largest absolute Gasteiger partial charge is 0.463 e. The molecule has 0 saturated heterocycles. The number of anilines is 1. The zero-order valence-corrected chi connectivity index (χ0v) is 12.3. The maximum absolute atomic E-state index is 11.4. The van der Waals surface area contributed by atoms with Gasteiger partial charge in [-0.25, -0.2) is 9.78 Å². The van der Waals surface area contributed by atoms with Crippen molar-refractivity contribution in [2.24, 2.45) is 0 Å². The van der Waals surface area contributed by atoms with Gasteiger partial charge in [-0.15, -0.1) is 0 Å². The number of esters is 1. The molecule has 7 heteroatoms. The van der Waals surface area contributed by atoms with Gasteiger partial charge >= 0.3 is 5.97 Å². The number of nitrogens with one attached hydrogen (secondary N) is 1. The first kappa shape index (κ1) is 13.9. The Morgan fingerprint density at radius 1 is 1.63 bits per heavy atom. The second kappa shape index (κ2) is 6.08. The van der Waals surface area contributed by atoms with E-state index in [-0.39, 0.29) is 5.76 Å². The van der Waals surface area contributed by atoms with Gasteiger partial charge in [0.15, 0.2) is 5.15 Å². The van der Waals surface area contributed by atoms with Gasteiger partial charge in [-0.2, -0.15) is 0 Å². The number of carbonyl (C=O) groups is 1. The van der Waals surface area contributed by atoms with Crippen LogP contribution >= 0.6 is 27.5 Å². The van der Waals surface area contributed by atoms with Crippen LogP contribution in [0.4, 0.5) is 5.69 Å². The average molecular weight is 346 g/mol.